The van der Waals surface area contributed by atoms with Gasteiger partial charge in [-0.2, -0.15) is 5.26 Å². The van der Waals surface area contributed by atoms with Crippen LogP contribution in [0.2, 0.25) is 0 Å². The second-order valence-corrected chi connectivity index (χ2v) is 3.60. The van der Waals surface area contributed by atoms with Gasteiger partial charge in [0, 0.05) is 0 Å². The van der Waals surface area contributed by atoms with Gasteiger partial charge in [0.15, 0.2) is 0 Å². The lowest BCUT2D eigenvalue weighted by atomic mass is 9.99. The van der Waals surface area contributed by atoms with E-state index in [9.17, 15) is 4.39 Å². The van der Waals surface area contributed by atoms with Crippen LogP contribution >= 0.6 is 0 Å². The molecule has 0 radical (unpaired) electrons. The van der Waals surface area contributed by atoms with E-state index in [0.29, 0.717) is 11.1 Å². The normalized spacial score (nSPS) is 9.81. The van der Waals surface area contributed by atoms with E-state index in [2.05, 4.69) is 6.07 Å². The van der Waals surface area contributed by atoms with E-state index in [1.807, 2.05) is 18.2 Å². The standard InChI is InChI=1S/C14H10FN/c1-10-13(3-2-4-14(10)15)12-7-5-11(9-16)6-8-12/h2-8H,1H3. The zero-order chi connectivity index (χ0) is 11.5. The molecule has 0 fully saturated rings. The van der Waals surface area contributed by atoms with Crippen LogP contribution in [0.1, 0.15) is 11.1 Å². The molecule has 0 amide bonds. The first kappa shape index (κ1) is 10.4. The highest BCUT2D eigenvalue weighted by Crippen LogP contribution is 2.25. The molecule has 0 aliphatic rings. The number of nitrogens with zero attached hydrogens (tertiary/aromatic N) is 1. The molecule has 0 bridgehead atoms. The van der Waals surface area contributed by atoms with Crippen LogP contribution in [0.5, 0.6) is 0 Å². The SMILES string of the molecule is Cc1c(F)cccc1-c1ccc(C#N)cc1. The molecule has 2 heteroatoms. The predicted molar refractivity (Wildman–Crippen MR) is 61.3 cm³/mol. The lowest BCUT2D eigenvalue weighted by Gasteiger charge is -2.06. The van der Waals surface area contributed by atoms with E-state index in [1.165, 1.54) is 6.07 Å². The quantitative estimate of drug-likeness (QED) is 0.706. The molecule has 1 nitrogen and oxygen atoms in total. The van der Waals surface area contributed by atoms with Crippen molar-refractivity contribution >= 4 is 0 Å². The number of hydrogen-bond donors (Lipinski definition) is 0. The van der Waals surface area contributed by atoms with Gasteiger partial charge in [-0.05, 0) is 41.8 Å². The lowest BCUT2D eigenvalue weighted by molar-refractivity contribution is 0.619. The minimum absolute atomic E-state index is 0.207. The van der Waals surface area contributed by atoms with Crippen LogP contribution < -0.4 is 0 Å². The first-order valence-electron chi connectivity index (χ1n) is 4.98. The van der Waals surface area contributed by atoms with Gasteiger partial charge in [-0.3, -0.25) is 0 Å². The summed E-state index contributed by atoms with van der Waals surface area (Å²) in [6.07, 6.45) is 0. The molecule has 0 saturated carbocycles. The highest BCUT2D eigenvalue weighted by atomic mass is 19.1. The topological polar surface area (TPSA) is 23.8 Å². The van der Waals surface area contributed by atoms with Crippen molar-refractivity contribution in [2.75, 3.05) is 0 Å². The van der Waals surface area contributed by atoms with Gasteiger partial charge in [0.05, 0.1) is 11.6 Å². The Bertz CT molecular complexity index is 550. The third-order valence-corrected chi connectivity index (χ3v) is 2.59. The van der Waals surface area contributed by atoms with Crippen molar-refractivity contribution in [1.29, 1.82) is 5.26 Å². The van der Waals surface area contributed by atoms with Crippen LogP contribution in [0.3, 0.4) is 0 Å². The summed E-state index contributed by atoms with van der Waals surface area (Å²) in [5.41, 5.74) is 3.03. The van der Waals surface area contributed by atoms with E-state index in [0.717, 1.165) is 11.1 Å². The maximum atomic E-state index is 13.4. The molecule has 0 aromatic heterocycles. The Balaban J connectivity index is 2.51. The van der Waals surface area contributed by atoms with Gasteiger partial charge < -0.3 is 0 Å². The fourth-order valence-corrected chi connectivity index (χ4v) is 1.64. The van der Waals surface area contributed by atoms with Crippen molar-refractivity contribution in [3.8, 4) is 17.2 Å². The second kappa shape index (κ2) is 4.16. The summed E-state index contributed by atoms with van der Waals surface area (Å²) in [6.45, 7) is 1.75. The van der Waals surface area contributed by atoms with Crippen LogP contribution in [-0.4, -0.2) is 0 Å². The van der Waals surface area contributed by atoms with E-state index in [1.54, 1.807) is 25.1 Å². The third-order valence-electron chi connectivity index (χ3n) is 2.59. The van der Waals surface area contributed by atoms with Gasteiger partial charge in [-0.1, -0.05) is 24.3 Å². The van der Waals surface area contributed by atoms with E-state index in [4.69, 9.17) is 5.26 Å². The molecule has 0 heterocycles. The van der Waals surface area contributed by atoms with E-state index in [-0.39, 0.29) is 5.82 Å². The molecule has 0 unspecified atom stereocenters. The van der Waals surface area contributed by atoms with Crippen molar-refractivity contribution < 1.29 is 4.39 Å². The summed E-state index contributed by atoms with van der Waals surface area (Å²) in [6, 6.07) is 14.2. The Morgan fingerprint density at radius 3 is 2.38 bits per heavy atom. The maximum Gasteiger partial charge on any atom is 0.126 e. The Hall–Kier alpha value is -2.14. The summed E-state index contributed by atoms with van der Waals surface area (Å²) >= 11 is 0. The van der Waals surface area contributed by atoms with E-state index >= 15 is 0 Å². The highest BCUT2D eigenvalue weighted by molar-refractivity contribution is 5.67. The number of benzene rings is 2. The van der Waals surface area contributed by atoms with Crippen molar-refractivity contribution in [3.05, 3.63) is 59.4 Å². The van der Waals surface area contributed by atoms with Gasteiger partial charge >= 0.3 is 0 Å². The fourth-order valence-electron chi connectivity index (χ4n) is 1.64. The van der Waals surface area contributed by atoms with Crippen molar-refractivity contribution in [1.82, 2.24) is 0 Å². The van der Waals surface area contributed by atoms with Crippen LogP contribution in [0.25, 0.3) is 11.1 Å². The molecule has 2 aromatic rings. The molecule has 2 aromatic carbocycles. The summed E-state index contributed by atoms with van der Waals surface area (Å²) in [7, 11) is 0. The van der Waals surface area contributed by atoms with Crippen LogP contribution in [0.4, 0.5) is 4.39 Å². The molecule has 0 N–H and O–H groups in total. The van der Waals surface area contributed by atoms with Crippen LogP contribution in [0.15, 0.2) is 42.5 Å². The smallest absolute Gasteiger partial charge is 0.126 e. The van der Waals surface area contributed by atoms with Crippen LogP contribution in [-0.2, 0) is 0 Å². The Kier molecular flexibility index (Phi) is 2.70. The van der Waals surface area contributed by atoms with E-state index < -0.39 is 0 Å². The second-order valence-electron chi connectivity index (χ2n) is 3.60. The minimum Gasteiger partial charge on any atom is -0.207 e. The molecule has 0 spiro atoms. The summed E-state index contributed by atoms with van der Waals surface area (Å²) in [4.78, 5) is 0. The zero-order valence-electron chi connectivity index (χ0n) is 8.87. The fraction of sp³-hybridized carbons (Fsp3) is 0.0714. The zero-order valence-corrected chi connectivity index (χ0v) is 8.87. The Morgan fingerprint density at radius 2 is 1.75 bits per heavy atom. The molecular formula is C14H10FN. The monoisotopic (exact) mass is 211 g/mol. The summed E-state index contributed by atoms with van der Waals surface area (Å²) < 4.78 is 13.4. The molecule has 0 aliphatic carbocycles. The van der Waals surface area contributed by atoms with Crippen LogP contribution in [0, 0.1) is 24.1 Å². The molecule has 2 rings (SSSR count). The highest BCUT2D eigenvalue weighted by Gasteiger charge is 2.05. The van der Waals surface area contributed by atoms with Crippen molar-refractivity contribution in [2.45, 2.75) is 6.92 Å². The molecule has 16 heavy (non-hydrogen) atoms. The van der Waals surface area contributed by atoms with Gasteiger partial charge in [0.25, 0.3) is 0 Å². The first-order chi connectivity index (χ1) is 7.72. The van der Waals surface area contributed by atoms with Gasteiger partial charge in [-0.15, -0.1) is 0 Å². The lowest BCUT2D eigenvalue weighted by Crippen LogP contribution is -1.87. The summed E-state index contributed by atoms with van der Waals surface area (Å²) in [5.74, 6) is -0.207. The average Bonchev–Trinajstić information content (AvgIpc) is 2.33. The van der Waals surface area contributed by atoms with Crippen molar-refractivity contribution in [2.24, 2.45) is 0 Å². The predicted octanol–water partition coefficient (Wildman–Crippen LogP) is 3.67. The Labute approximate surface area is 93.8 Å². The number of hydrogen-bond acceptors (Lipinski definition) is 1. The first-order valence-corrected chi connectivity index (χ1v) is 4.98. The Morgan fingerprint density at radius 1 is 1.06 bits per heavy atom. The molecular weight excluding hydrogens is 201 g/mol. The summed E-state index contributed by atoms with van der Waals surface area (Å²) in [5, 5.41) is 8.69. The van der Waals surface area contributed by atoms with Gasteiger partial charge in [0.1, 0.15) is 5.82 Å². The molecule has 0 aliphatic heterocycles. The average molecular weight is 211 g/mol. The largest absolute Gasteiger partial charge is 0.207 e. The number of halogens is 1. The number of rotatable bonds is 1. The van der Waals surface area contributed by atoms with Gasteiger partial charge in [-0.25, -0.2) is 4.39 Å². The third kappa shape index (κ3) is 1.80. The van der Waals surface area contributed by atoms with Crippen molar-refractivity contribution in [3.63, 3.8) is 0 Å². The molecule has 0 saturated heterocycles. The maximum absolute atomic E-state index is 13.4. The molecule has 0 atom stereocenters. The van der Waals surface area contributed by atoms with Gasteiger partial charge in [0.2, 0.25) is 0 Å². The molecule has 78 valence electrons. The number of nitriles is 1. The minimum atomic E-state index is -0.207.